The van der Waals surface area contributed by atoms with Crippen molar-refractivity contribution in [2.24, 2.45) is 0 Å². The van der Waals surface area contributed by atoms with Crippen LogP contribution < -0.4 is 0 Å². The van der Waals surface area contributed by atoms with E-state index < -0.39 is 11.6 Å². The fourth-order valence-corrected chi connectivity index (χ4v) is 1.97. The van der Waals surface area contributed by atoms with E-state index in [2.05, 4.69) is 15.9 Å². The Morgan fingerprint density at radius 2 is 1.94 bits per heavy atom. The van der Waals surface area contributed by atoms with Gasteiger partial charge in [-0.05, 0) is 45.7 Å². The summed E-state index contributed by atoms with van der Waals surface area (Å²) in [6, 6.07) is 4.20. The Morgan fingerprint density at radius 3 is 2.53 bits per heavy atom. The molecule has 0 saturated heterocycles. The van der Waals surface area contributed by atoms with E-state index in [9.17, 15) is 9.18 Å². The Hall–Kier alpha value is -0.840. The van der Waals surface area contributed by atoms with Gasteiger partial charge in [-0.15, -0.1) is 0 Å². The summed E-state index contributed by atoms with van der Waals surface area (Å²) in [5.41, 5.74) is -0.0505. The minimum atomic E-state index is -0.789. The second-order valence-corrected chi connectivity index (χ2v) is 4.74. The Bertz CT molecular complexity index is 595. The van der Waals surface area contributed by atoms with Crippen molar-refractivity contribution in [1.82, 2.24) is 0 Å². The molecule has 0 amide bonds. The number of carbonyl (C=O) groups is 1. The first-order valence-corrected chi connectivity index (χ1v) is 5.98. The number of rotatable bonds is 2. The van der Waals surface area contributed by atoms with E-state index in [0.717, 1.165) is 0 Å². The summed E-state index contributed by atoms with van der Waals surface area (Å²) in [7, 11) is 0. The Balaban J connectivity index is 2.53. The molecular weight excluding hydrogens is 334 g/mol. The number of benzene rings is 1. The first-order chi connectivity index (χ1) is 8.02. The molecule has 2 aromatic rings. The third-order valence-electron chi connectivity index (χ3n) is 2.14. The van der Waals surface area contributed by atoms with Crippen LogP contribution in [0.4, 0.5) is 4.39 Å². The Morgan fingerprint density at radius 1 is 1.24 bits per heavy atom. The molecule has 0 aliphatic carbocycles. The zero-order valence-electron chi connectivity index (χ0n) is 8.14. The molecule has 2 rings (SSSR count). The molecule has 0 aliphatic rings. The van der Waals surface area contributed by atoms with Gasteiger partial charge in [0, 0.05) is 4.47 Å². The molecule has 0 atom stereocenters. The maximum atomic E-state index is 13.8. The van der Waals surface area contributed by atoms with E-state index in [4.69, 9.17) is 27.6 Å². The van der Waals surface area contributed by atoms with E-state index in [1.807, 2.05) is 0 Å². The summed E-state index contributed by atoms with van der Waals surface area (Å²) in [5.74, 6) is -1.36. The molecule has 0 spiro atoms. The van der Waals surface area contributed by atoms with Crippen molar-refractivity contribution < 1.29 is 13.6 Å². The monoisotopic (exact) mass is 336 g/mol. The third-order valence-corrected chi connectivity index (χ3v) is 3.69. The molecule has 0 saturated carbocycles. The predicted molar refractivity (Wildman–Crippen MR) is 66.3 cm³/mol. The van der Waals surface area contributed by atoms with Crippen molar-refractivity contribution in [2.45, 2.75) is 0 Å². The van der Waals surface area contributed by atoms with Gasteiger partial charge in [0.05, 0.1) is 22.4 Å². The maximum absolute atomic E-state index is 13.8. The normalized spacial score (nSPS) is 10.6. The lowest BCUT2D eigenvalue weighted by Gasteiger charge is -2.04. The molecule has 0 unspecified atom stereocenters. The molecule has 2 nitrogen and oxygen atoms in total. The van der Waals surface area contributed by atoms with Crippen molar-refractivity contribution in [3.8, 4) is 0 Å². The average molecular weight is 338 g/mol. The second-order valence-electron chi connectivity index (χ2n) is 3.16. The minimum Gasteiger partial charge on any atom is -0.452 e. The van der Waals surface area contributed by atoms with Crippen LogP contribution in [0.5, 0.6) is 0 Å². The van der Waals surface area contributed by atoms with Crippen LogP contribution >= 0.6 is 39.1 Å². The highest BCUT2D eigenvalue weighted by atomic mass is 79.9. The first-order valence-electron chi connectivity index (χ1n) is 4.43. The fraction of sp³-hybridized carbons (Fsp3) is 0. The van der Waals surface area contributed by atoms with Crippen LogP contribution in [-0.4, -0.2) is 5.78 Å². The van der Waals surface area contributed by atoms with E-state index in [0.29, 0.717) is 4.47 Å². The Labute approximate surface area is 114 Å². The average Bonchev–Trinajstić information content (AvgIpc) is 2.72. The van der Waals surface area contributed by atoms with Crippen LogP contribution in [0.3, 0.4) is 0 Å². The van der Waals surface area contributed by atoms with Gasteiger partial charge in [-0.25, -0.2) is 4.39 Å². The smallest absolute Gasteiger partial charge is 0.204 e. The predicted octanol–water partition coefficient (Wildman–Crippen LogP) is 4.72. The van der Waals surface area contributed by atoms with E-state index >= 15 is 0 Å². The van der Waals surface area contributed by atoms with E-state index in [1.54, 1.807) is 0 Å². The SMILES string of the molecule is O=C(c1ccoc1Cl)c1ccc(Br)c(Cl)c1F. The number of hydrogen-bond donors (Lipinski definition) is 0. The number of halogens is 4. The number of carbonyl (C=O) groups excluding carboxylic acids is 1. The van der Waals surface area contributed by atoms with E-state index in [1.165, 1.54) is 24.5 Å². The van der Waals surface area contributed by atoms with Crippen molar-refractivity contribution in [3.05, 3.63) is 56.1 Å². The van der Waals surface area contributed by atoms with Crippen LogP contribution in [0.2, 0.25) is 10.2 Å². The summed E-state index contributed by atoms with van der Waals surface area (Å²) in [4.78, 5) is 12.0. The summed E-state index contributed by atoms with van der Waals surface area (Å²) in [5, 5.41) is -0.219. The number of hydrogen-bond acceptors (Lipinski definition) is 2. The highest BCUT2D eigenvalue weighted by Crippen LogP contribution is 2.30. The van der Waals surface area contributed by atoms with Gasteiger partial charge >= 0.3 is 0 Å². The molecule has 0 bridgehead atoms. The van der Waals surface area contributed by atoms with Crippen LogP contribution in [0.15, 0.2) is 33.4 Å². The number of furan rings is 1. The molecule has 0 fully saturated rings. The van der Waals surface area contributed by atoms with Gasteiger partial charge in [0.1, 0.15) is 0 Å². The van der Waals surface area contributed by atoms with Gasteiger partial charge in [0.15, 0.2) is 5.82 Å². The third kappa shape index (κ3) is 2.25. The minimum absolute atomic E-state index is 0.0755. The fourth-order valence-electron chi connectivity index (χ4n) is 1.30. The summed E-state index contributed by atoms with van der Waals surface area (Å²) in [6.45, 7) is 0. The molecule has 1 aromatic carbocycles. The second kappa shape index (κ2) is 4.80. The molecule has 0 aliphatic heterocycles. The van der Waals surface area contributed by atoms with Crippen LogP contribution in [0, 0.1) is 5.82 Å². The summed E-state index contributed by atoms with van der Waals surface area (Å²) < 4.78 is 18.9. The molecule has 17 heavy (non-hydrogen) atoms. The lowest BCUT2D eigenvalue weighted by molar-refractivity contribution is 0.103. The molecule has 6 heteroatoms. The molecule has 0 N–H and O–H groups in total. The molecule has 0 radical (unpaired) electrons. The molecule has 88 valence electrons. The van der Waals surface area contributed by atoms with Crippen molar-refractivity contribution in [2.75, 3.05) is 0 Å². The maximum Gasteiger partial charge on any atom is 0.204 e. The lowest BCUT2D eigenvalue weighted by Crippen LogP contribution is -2.04. The highest BCUT2D eigenvalue weighted by Gasteiger charge is 2.21. The quantitative estimate of drug-likeness (QED) is 0.586. The lowest BCUT2D eigenvalue weighted by atomic mass is 10.1. The number of ketones is 1. The zero-order valence-corrected chi connectivity index (χ0v) is 11.2. The van der Waals surface area contributed by atoms with Crippen LogP contribution in [0.25, 0.3) is 0 Å². The zero-order chi connectivity index (χ0) is 12.6. The van der Waals surface area contributed by atoms with Gasteiger partial charge in [-0.3, -0.25) is 4.79 Å². The summed E-state index contributed by atoms with van der Waals surface area (Å²) >= 11 is 14.4. The van der Waals surface area contributed by atoms with Crippen LogP contribution in [-0.2, 0) is 0 Å². The standard InChI is InChI=1S/C11H4BrCl2FO2/c12-7-2-1-5(9(15)8(7)13)10(16)6-3-4-17-11(6)14/h1-4H. The summed E-state index contributed by atoms with van der Waals surface area (Å²) in [6.07, 6.45) is 1.26. The first kappa shape index (κ1) is 12.6. The largest absolute Gasteiger partial charge is 0.452 e. The van der Waals surface area contributed by atoms with Crippen molar-refractivity contribution in [3.63, 3.8) is 0 Å². The van der Waals surface area contributed by atoms with Crippen LogP contribution in [0.1, 0.15) is 15.9 Å². The van der Waals surface area contributed by atoms with Crippen molar-refractivity contribution >= 4 is 44.9 Å². The molecule has 1 aromatic heterocycles. The van der Waals surface area contributed by atoms with Gasteiger partial charge in [0.25, 0.3) is 0 Å². The molecule has 1 heterocycles. The molecular formula is C11H4BrCl2FO2. The van der Waals surface area contributed by atoms with Crippen molar-refractivity contribution in [1.29, 1.82) is 0 Å². The highest BCUT2D eigenvalue weighted by molar-refractivity contribution is 9.10. The van der Waals surface area contributed by atoms with Gasteiger partial charge in [-0.2, -0.15) is 0 Å². The Kier molecular flexibility index (Phi) is 3.56. The topological polar surface area (TPSA) is 30.2 Å². The van der Waals surface area contributed by atoms with Gasteiger partial charge in [0.2, 0.25) is 11.0 Å². The van der Waals surface area contributed by atoms with E-state index in [-0.39, 0.29) is 21.4 Å². The van der Waals surface area contributed by atoms with Gasteiger partial charge < -0.3 is 4.42 Å². The van der Waals surface area contributed by atoms with Gasteiger partial charge in [-0.1, -0.05) is 11.6 Å².